The molecule has 0 aliphatic carbocycles. The topological polar surface area (TPSA) is 54.6 Å². The summed E-state index contributed by atoms with van der Waals surface area (Å²) in [6.45, 7) is 0.192. The Kier molecular flexibility index (Phi) is 3.01. The highest BCUT2D eigenvalue weighted by Crippen LogP contribution is 2.35. The number of benzene rings is 2. The van der Waals surface area contributed by atoms with Crippen molar-refractivity contribution in [2.45, 2.75) is 0 Å². The maximum atomic E-state index is 12.5. The Morgan fingerprint density at radius 2 is 1.83 bits per heavy atom. The van der Waals surface area contributed by atoms with Gasteiger partial charge in [0.25, 0.3) is 0 Å². The quantitative estimate of drug-likeness (QED) is 0.791. The molecular weight excluding hydrogens is 292 g/mol. The third-order valence-electron chi connectivity index (χ3n) is 4.00. The van der Waals surface area contributed by atoms with Crippen LogP contribution in [0.25, 0.3) is 22.2 Å². The molecule has 1 N–H and O–H groups in total. The lowest BCUT2D eigenvalue weighted by molar-refractivity contribution is 0.174. The minimum atomic E-state index is -0.0395. The van der Waals surface area contributed by atoms with E-state index in [9.17, 15) is 4.79 Å². The number of nitrogens with one attached hydrogen (secondary N) is 1. The van der Waals surface area contributed by atoms with E-state index in [1.807, 2.05) is 49.3 Å². The summed E-state index contributed by atoms with van der Waals surface area (Å²) in [5, 5.41) is 0.599. The van der Waals surface area contributed by atoms with Crippen LogP contribution in [0.4, 0.5) is 5.69 Å². The van der Waals surface area contributed by atoms with Gasteiger partial charge in [0.15, 0.2) is 16.9 Å². The summed E-state index contributed by atoms with van der Waals surface area (Å²) in [6.07, 6.45) is 0. The largest absolute Gasteiger partial charge is 0.454 e. The van der Waals surface area contributed by atoms with Crippen LogP contribution in [0, 0.1) is 0 Å². The number of nitrogens with zero attached hydrogens (tertiary/aromatic N) is 1. The van der Waals surface area contributed by atoms with Crippen LogP contribution in [-0.4, -0.2) is 25.9 Å². The van der Waals surface area contributed by atoms with Gasteiger partial charge in [0.2, 0.25) is 6.79 Å². The number of H-pyrrole nitrogens is 1. The first kappa shape index (κ1) is 13.7. The highest BCUT2D eigenvalue weighted by molar-refractivity contribution is 5.85. The molecule has 0 radical (unpaired) electrons. The number of rotatable bonds is 2. The lowest BCUT2D eigenvalue weighted by Gasteiger charge is -2.14. The number of fused-ring (bicyclic) bond motifs is 2. The molecule has 5 nitrogen and oxygen atoms in total. The number of aromatic amines is 1. The van der Waals surface area contributed by atoms with Crippen molar-refractivity contribution in [3.8, 4) is 22.8 Å². The van der Waals surface area contributed by atoms with Crippen molar-refractivity contribution in [1.82, 2.24) is 4.98 Å². The lowest BCUT2D eigenvalue weighted by Crippen LogP contribution is -2.08. The van der Waals surface area contributed by atoms with Crippen molar-refractivity contribution in [3.63, 3.8) is 0 Å². The third kappa shape index (κ3) is 2.30. The molecule has 116 valence electrons. The molecule has 0 fully saturated rings. The van der Waals surface area contributed by atoms with Gasteiger partial charge in [-0.15, -0.1) is 0 Å². The Morgan fingerprint density at radius 1 is 1.04 bits per heavy atom. The summed E-state index contributed by atoms with van der Waals surface area (Å²) in [5.41, 5.74) is 3.53. The van der Waals surface area contributed by atoms with Crippen LogP contribution in [0.5, 0.6) is 11.5 Å². The summed E-state index contributed by atoms with van der Waals surface area (Å²) >= 11 is 0. The minimum absolute atomic E-state index is 0.0395. The minimum Gasteiger partial charge on any atom is -0.454 e. The van der Waals surface area contributed by atoms with Crippen molar-refractivity contribution < 1.29 is 9.47 Å². The first-order valence-electron chi connectivity index (χ1n) is 7.36. The molecule has 1 aromatic heterocycles. The number of hydrogen-bond donors (Lipinski definition) is 1. The van der Waals surface area contributed by atoms with Crippen LogP contribution >= 0.6 is 0 Å². The van der Waals surface area contributed by atoms with Gasteiger partial charge in [-0.3, -0.25) is 4.79 Å². The van der Waals surface area contributed by atoms with Gasteiger partial charge in [-0.1, -0.05) is 12.1 Å². The average molecular weight is 308 g/mol. The second kappa shape index (κ2) is 5.05. The average Bonchev–Trinajstić information content (AvgIpc) is 3.00. The second-order valence-electron chi connectivity index (χ2n) is 5.74. The zero-order valence-corrected chi connectivity index (χ0v) is 12.9. The summed E-state index contributed by atoms with van der Waals surface area (Å²) in [7, 11) is 3.98. The van der Waals surface area contributed by atoms with Crippen molar-refractivity contribution in [1.29, 1.82) is 0 Å². The summed E-state index contributed by atoms with van der Waals surface area (Å²) in [6, 6.07) is 13.2. The molecule has 3 aromatic rings. The number of ether oxygens (including phenoxy) is 2. The van der Waals surface area contributed by atoms with Gasteiger partial charge in [0.05, 0.1) is 5.52 Å². The monoisotopic (exact) mass is 308 g/mol. The Bertz CT molecular complexity index is 960. The first-order valence-corrected chi connectivity index (χ1v) is 7.36. The Morgan fingerprint density at radius 3 is 2.61 bits per heavy atom. The SMILES string of the molecule is CN(C)c1cccc(-c2cc(=O)c3cc4c(cc3[nH]2)OCO4)c1. The van der Waals surface area contributed by atoms with Crippen LogP contribution < -0.4 is 19.8 Å². The predicted molar refractivity (Wildman–Crippen MR) is 90.5 cm³/mol. The second-order valence-corrected chi connectivity index (χ2v) is 5.74. The maximum Gasteiger partial charge on any atom is 0.231 e. The lowest BCUT2D eigenvalue weighted by atomic mass is 10.1. The Balaban J connectivity index is 1.90. The molecule has 0 amide bonds. The molecule has 0 spiro atoms. The van der Waals surface area contributed by atoms with E-state index in [0.717, 1.165) is 22.5 Å². The van der Waals surface area contributed by atoms with Crippen molar-refractivity contribution in [2.24, 2.45) is 0 Å². The predicted octanol–water partition coefficient (Wildman–Crippen LogP) is 2.99. The molecule has 0 saturated carbocycles. The molecule has 5 heteroatoms. The van der Waals surface area contributed by atoms with Crippen LogP contribution in [0.15, 0.2) is 47.3 Å². The molecule has 23 heavy (non-hydrogen) atoms. The number of aromatic nitrogens is 1. The third-order valence-corrected chi connectivity index (χ3v) is 4.00. The Hall–Kier alpha value is -2.95. The van der Waals surface area contributed by atoms with Gasteiger partial charge < -0.3 is 19.4 Å². The fourth-order valence-corrected chi connectivity index (χ4v) is 2.75. The number of anilines is 1. The molecule has 4 rings (SSSR count). The summed E-state index contributed by atoms with van der Waals surface area (Å²) in [4.78, 5) is 17.8. The van der Waals surface area contributed by atoms with E-state index in [-0.39, 0.29) is 12.2 Å². The smallest absolute Gasteiger partial charge is 0.231 e. The zero-order chi connectivity index (χ0) is 16.0. The van der Waals surface area contributed by atoms with Crippen molar-refractivity contribution >= 4 is 16.6 Å². The van der Waals surface area contributed by atoms with Gasteiger partial charge in [0, 0.05) is 48.6 Å². The van der Waals surface area contributed by atoms with E-state index >= 15 is 0 Å². The van der Waals surface area contributed by atoms with E-state index in [0.29, 0.717) is 16.9 Å². The van der Waals surface area contributed by atoms with Crippen LogP contribution in [0.3, 0.4) is 0 Å². The molecule has 0 atom stereocenters. The summed E-state index contributed by atoms with van der Waals surface area (Å²) < 4.78 is 10.7. The molecule has 1 aliphatic rings. The fourth-order valence-electron chi connectivity index (χ4n) is 2.75. The van der Waals surface area contributed by atoms with Gasteiger partial charge in [-0.05, 0) is 18.2 Å². The van der Waals surface area contributed by atoms with E-state index in [2.05, 4.69) is 4.98 Å². The molecule has 2 heterocycles. The van der Waals surface area contributed by atoms with E-state index in [1.54, 1.807) is 12.1 Å². The van der Waals surface area contributed by atoms with Crippen LogP contribution in [0.1, 0.15) is 0 Å². The Labute approximate surface area is 133 Å². The van der Waals surface area contributed by atoms with Gasteiger partial charge in [-0.2, -0.15) is 0 Å². The van der Waals surface area contributed by atoms with Crippen LogP contribution in [0.2, 0.25) is 0 Å². The van der Waals surface area contributed by atoms with E-state index in [4.69, 9.17) is 9.47 Å². The molecular formula is C18H16N2O3. The molecule has 0 saturated heterocycles. The van der Waals surface area contributed by atoms with Crippen LogP contribution in [-0.2, 0) is 0 Å². The fraction of sp³-hybridized carbons (Fsp3) is 0.167. The highest BCUT2D eigenvalue weighted by Gasteiger charge is 2.16. The highest BCUT2D eigenvalue weighted by atomic mass is 16.7. The van der Waals surface area contributed by atoms with Gasteiger partial charge in [0.1, 0.15) is 0 Å². The molecule has 1 aliphatic heterocycles. The van der Waals surface area contributed by atoms with Crippen molar-refractivity contribution in [3.05, 3.63) is 52.7 Å². The number of hydrogen-bond acceptors (Lipinski definition) is 4. The standard InChI is InChI=1S/C18H16N2O3/c1-20(2)12-5-3-4-11(6-12)14-8-16(21)13-7-17-18(23-10-22-17)9-15(13)19-14/h3-9H,10H2,1-2H3,(H,19,21). The summed E-state index contributed by atoms with van der Waals surface area (Å²) in [5.74, 6) is 1.28. The normalized spacial score (nSPS) is 12.6. The molecule has 0 unspecified atom stereocenters. The maximum absolute atomic E-state index is 12.5. The van der Waals surface area contributed by atoms with Gasteiger partial charge >= 0.3 is 0 Å². The first-order chi connectivity index (χ1) is 11.1. The number of pyridine rings is 1. The molecule has 0 bridgehead atoms. The zero-order valence-electron chi connectivity index (χ0n) is 12.9. The van der Waals surface area contributed by atoms with E-state index in [1.165, 1.54) is 0 Å². The van der Waals surface area contributed by atoms with Crippen molar-refractivity contribution in [2.75, 3.05) is 25.8 Å². The van der Waals surface area contributed by atoms with E-state index < -0.39 is 0 Å². The van der Waals surface area contributed by atoms with Gasteiger partial charge in [-0.25, -0.2) is 0 Å². The molecule has 2 aromatic carbocycles.